The minimum absolute atomic E-state index is 0.241. The second kappa shape index (κ2) is 4.94. The quantitative estimate of drug-likeness (QED) is 0.607. The zero-order valence-corrected chi connectivity index (χ0v) is 8.93. The van der Waals surface area contributed by atoms with Crippen molar-refractivity contribution < 1.29 is 14.6 Å². The van der Waals surface area contributed by atoms with Crippen LogP contribution in [0.3, 0.4) is 0 Å². The third-order valence-electron chi connectivity index (χ3n) is 2.54. The number of epoxide rings is 1. The predicted molar refractivity (Wildman–Crippen MR) is 60.2 cm³/mol. The van der Waals surface area contributed by atoms with Crippen molar-refractivity contribution in [1.29, 1.82) is 0 Å². The highest BCUT2D eigenvalue weighted by molar-refractivity contribution is 5.87. The first-order valence-electron chi connectivity index (χ1n) is 5.33. The maximum absolute atomic E-state index is 11.0. The fraction of sp³-hybridized carbons (Fsp3) is 0.308. The summed E-state index contributed by atoms with van der Waals surface area (Å²) in [5.41, 5.74) is 1.47. The summed E-state index contributed by atoms with van der Waals surface area (Å²) in [6.07, 6.45) is 3.19. The predicted octanol–water partition coefficient (Wildman–Crippen LogP) is 2.03. The van der Waals surface area contributed by atoms with Crippen LogP contribution < -0.4 is 0 Å². The first-order valence-corrected chi connectivity index (χ1v) is 5.33. The van der Waals surface area contributed by atoms with Crippen LogP contribution >= 0.6 is 0 Å². The van der Waals surface area contributed by atoms with Gasteiger partial charge in [-0.15, -0.1) is 0 Å². The van der Waals surface area contributed by atoms with Crippen molar-refractivity contribution in [1.82, 2.24) is 0 Å². The van der Waals surface area contributed by atoms with Crippen molar-refractivity contribution in [2.75, 3.05) is 6.61 Å². The zero-order chi connectivity index (χ0) is 11.4. The van der Waals surface area contributed by atoms with Crippen molar-refractivity contribution in [3.63, 3.8) is 0 Å². The summed E-state index contributed by atoms with van der Waals surface area (Å²) in [6.45, 7) is 0.759. The molecule has 1 aliphatic rings. The summed E-state index contributed by atoms with van der Waals surface area (Å²) in [7, 11) is 0. The molecule has 0 aliphatic carbocycles. The first-order chi connectivity index (χ1) is 7.75. The lowest BCUT2D eigenvalue weighted by atomic mass is 10.0. The fourth-order valence-corrected chi connectivity index (χ4v) is 1.53. The van der Waals surface area contributed by atoms with E-state index >= 15 is 0 Å². The van der Waals surface area contributed by atoms with Crippen LogP contribution in [-0.4, -0.2) is 23.8 Å². The summed E-state index contributed by atoms with van der Waals surface area (Å²) >= 11 is 0. The van der Waals surface area contributed by atoms with E-state index in [1.54, 1.807) is 6.08 Å². The Balaban J connectivity index is 2.02. The Morgan fingerprint density at radius 2 is 2.12 bits per heavy atom. The van der Waals surface area contributed by atoms with Gasteiger partial charge in [-0.1, -0.05) is 36.4 Å². The monoisotopic (exact) mass is 218 g/mol. The zero-order valence-electron chi connectivity index (χ0n) is 8.93. The van der Waals surface area contributed by atoms with Crippen LogP contribution in [0.1, 0.15) is 12.0 Å². The summed E-state index contributed by atoms with van der Waals surface area (Å²) < 4.78 is 5.05. The Morgan fingerprint density at radius 3 is 2.69 bits per heavy atom. The van der Waals surface area contributed by atoms with E-state index in [4.69, 9.17) is 9.84 Å². The van der Waals surface area contributed by atoms with Crippen LogP contribution in [0.15, 0.2) is 42.0 Å². The first kappa shape index (κ1) is 10.9. The molecule has 1 atom stereocenters. The van der Waals surface area contributed by atoms with Crippen LogP contribution in [0.5, 0.6) is 0 Å². The number of benzene rings is 1. The lowest BCUT2D eigenvalue weighted by Crippen LogP contribution is -2.04. The average Bonchev–Trinajstić information content (AvgIpc) is 3.09. The van der Waals surface area contributed by atoms with E-state index in [1.165, 1.54) is 0 Å². The van der Waals surface area contributed by atoms with E-state index in [-0.39, 0.29) is 6.10 Å². The molecule has 0 aromatic heterocycles. The molecule has 3 nitrogen and oxygen atoms in total. The second-order valence-electron chi connectivity index (χ2n) is 3.89. The van der Waals surface area contributed by atoms with Crippen LogP contribution in [0, 0.1) is 0 Å². The Labute approximate surface area is 94.4 Å². The molecule has 1 N–H and O–H groups in total. The van der Waals surface area contributed by atoms with Crippen molar-refractivity contribution in [3.05, 3.63) is 47.5 Å². The average molecular weight is 218 g/mol. The number of rotatable bonds is 5. The molecule has 2 rings (SSSR count). The van der Waals surface area contributed by atoms with Gasteiger partial charge >= 0.3 is 5.97 Å². The molecule has 0 radical (unpaired) electrons. The number of carbonyl (C=O) groups is 1. The Hall–Kier alpha value is -1.61. The number of hydrogen-bond donors (Lipinski definition) is 1. The highest BCUT2D eigenvalue weighted by atomic mass is 16.6. The van der Waals surface area contributed by atoms with Gasteiger partial charge in [-0.3, -0.25) is 0 Å². The van der Waals surface area contributed by atoms with Gasteiger partial charge in [0.25, 0.3) is 0 Å². The van der Waals surface area contributed by atoms with E-state index in [0.717, 1.165) is 12.2 Å². The summed E-state index contributed by atoms with van der Waals surface area (Å²) in [4.78, 5) is 11.0. The third kappa shape index (κ3) is 3.21. The van der Waals surface area contributed by atoms with Crippen molar-refractivity contribution >= 4 is 5.97 Å². The molecule has 0 spiro atoms. The second-order valence-corrected chi connectivity index (χ2v) is 3.89. The number of aliphatic carboxylic acids is 1. The number of ether oxygens (including phenoxy) is 1. The standard InChI is InChI=1S/C13H14O3/c14-13(15)11(6-7-12-9-16-12)8-10-4-2-1-3-5-10/h1-6,12H,7-9H2,(H,14,15). The largest absolute Gasteiger partial charge is 0.478 e. The molecular weight excluding hydrogens is 204 g/mol. The Kier molecular flexibility index (Phi) is 3.37. The van der Waals surface area contributed by atoms with Crippen molar-refractivity contribution in [2.45, 2.75) is 18.9 Å². The van der Waals surface area contributed by atoms with Gasteiger partial charge < -0.3 is 9.84 Å². The topological polar surface area (TPSA) is 49.8 Å². The molecule has 1 unspecified atom stereocenters. The van der Waals surface area contributed by atoms with Gasteiger partial charge in [0.05, 0.1) is 12.7 Å². The molecule has 0 saturated carbocycles. The third-order valence-corrected chi connectivity index (χ3v) is 2.54. The molecule has 1 saturated heterocycles. The van der Waals surface area contributed by atoms with Crippen molar-refractivity contribution in [3.8, 4) is 0 Å². The van der Waals surface area contributed by atoms with Gasteiger partial charge in [-0.2, -0.15) is 0 Å². The number of hydrogen-bond acceptors (Lipinski definition) is 2. The van der Waals surface area contributed by atoms with Crippen LogP contribution in [0.2, 0.25) is 0 Å². The summed E-state index contributed by atoms with van der Waals surface area (Å²) in [6, 6.07) is 9.62. The molecule has 1 heterocycles. The SMILES string of the molecule is O=C(O)C(=CCC1CO1)Cc1ccccc1. The minimum Gasteiger partial charge on any atom is -0.478 e. The smallest absolute Gasteiger partial charge is 0.331 e. The van der Waals surface area contributed by atoms with Crippen LogP contribution in [0.4, 0.5) is 0 Å². The van der Waals surface area contributed by atoms with E-state index in [9.17, 15) is 4.79 Å². The molecule has 1 aromatic carbocycles. The highest BCUT2D eigenvalue weighted by Crippen LogP contribution is 2.16. The van der Waals surface area contributed by atoms with Crippen LogP contribution in [-0.2, 0) is 16.0 Å². The highest BCUT2D eigenvalue weighted by Gasteiger charge is 2.21. The molecule has 1 aromatic rings. The van der Waals surface area contributed by atoms with E-state index < -0.39 is 5.97 Å². The number of carboxylic acids is 1. The maximum Gasteiger partial charge on any atom is 0.331 e. The molecule has 1 fully saturated rings. The van der Waals surface area contributed by atoms with E-state index in [1.807, 2.05) is 30.3 Å². The summed E-state index contributed by atoms with van der Waals surface area (Å²) in [5.74, 6) is -0.843. The van der Waals surface area contributed by atoms with Gasteiger partial charge in [-0.25, -0.2) is 4.79 Å². The molecule has 3 heteroatoms. The molecule has 16 heavy (non-hydrogen) atoms. The lowest BCUT2D eigenvalue weighted by Gasteiger charge is -2.02. The van der Waals surface area contributed by atoms with Gasteiger partial charge in [0.15, 0.2) is 0 Å². The van der Waals surface area contributed by atoms with Gasteiger partial charge in [-0.05, 0) is 12.0 Å². The molecule has 0 bridgehead atoms. The molecular formula is C13H14O3. The van der Waals surface area contributed by atoms with Gasteiger partial charge in [0.1, 0.15) is 0 Å². The number of carboxylic acid groups (broad SMARTS) is 1. The Bertz CT molecular complexity index is 391. The minimum atomic E-state index is -0.843. The fourth-order valence-electron chi connectivity index (χ4n) is 1.53. The van der Waals surface area contributed by atoms with Gasteiger partial charge in [0, 0.05) is 12.0 Å². The maximum atomic E-state index is 11.0. The normalized spacial score (nSPS) is 19.5. The van der Waals surface area contributed by atoms with E-state index in [2.05, 4.69) is 0 Å². The van der Waals surface area contributed by atoms with Gasteiger partial charge in [0.2, 0.25) is 0 Å². The molecule has 84 valence electrons. The van der Waals surface area contributed by atoms with E-state index in [0.29, 0.717) is 18.4 Å². The summed E-state index contributed by atoms with van der Waals surface area (Å²) in [5, 5.41) is 9.06. The lowest BCUT2D eigenvalue weighted by molar-refractivity contribution is -0.132. The Morgan fingerprint density at radius 1 is 1.44 bits per heavy atom. The molecule has 0 amide bonds. The van der Waals surface area contributed by atoms with Crippen molar-refractivity contribution in [2.24, 2.45) is 0 Å². The molecule has 1 aliphatic heterocycles. The van der Waals surface area contributed by atoms with Crippen LogP contribution in [0.25, 0.3) is 0 Å².